The summed E-state index contributed by atoms with van der Waals surface area (Å²) >= 11 is 0. The number of hydrogen-bond acceptors (Lipinski definition) is 6. The van der Waals surface area contributed by atoms with Crippen molar-refractivity contribution in [1.82, 2.24) is 0 Å². The van der Waals surface area contributed by atoms with Gasteiger partial charge >= 0.3 is 0 Å². The second-order valence-corrected chi connectivity index (χ2v) is 38.5. The first-order valence-electron chi connectivity index (χ1n) is 51.5. The lowest BCUT2D eigenvalue weighted by Crippen LogP contribution is -2.42. The monoisotopic (exact) mass is 1890 g/mol. The molecule has 24 aromatic rings. The van der Waals surface area contributed by atoms with Gasteiger partial charge in [-0.15, -0.1) is 0 Å². The summed E-state index contributed by atoms with van der Waals surface area (Å²) < 4.78 is 0. The van der Waals surface area contributed by atoms with Crippen molar-refractivity contribution >= 4 is 167 Å². The van der Waals surface area contributed by atoms with Gasteiger partial charge in [-0.05, 0) is 329 Å². The largest absolute Gasteiger partial charge is 0.327 e. The lowest BCUT2D eigenvalue weighted by atomic mass is 9.78. The summed E-state index contributed by atoms with van der Waals surface area (Å²) in [6, 6.07) is 204. The highest BCUT2D eigenvalue weighted by Gasteiger charge is 2.40. The Hall–Kier alpha value is -18.9. The Balaban J connectivity index is 0.000000116. The molecule has 3 aliphatic carbocycles. The molecular formula is C142H106N6. The predicted octanol–water partition coefficient (Wildman–Crippen LogP) is 38.9. The van der Waals surface area contributed by atoms with Crippen molar-refractivity contribution < 1.29 is 0 Å². The van der Waals surface area contributed by atoms with Crippen LogP contribution in [-0.4, -0.2) is 0 Å². The van der Waals surface area contributed by atoms with E-state index in [1.165, 1.54) is 166 Å². The highest BCUT2D eigenvalue weighted by atomic mass is 15.2. The van der Waals surface area contributed by atoms with Gasteiger partial charge in [-0.3, -0.25) is 0 Å². The molecule has 0 fully saturated rings. The van der Waals surface area contributed by atoms with Crippen molar-refractivity contribution in [3.05, 3.63) is 616 Å². The number of nitrogens with zero attached hydrogens (tertiary/aromatic N) is 6. The molecule has 0 radical (unpaired) electrons. The lowest BCUT2D eigenvalue weighted by Gasteiger charge is -2.45. The van der Waals surface area contributed by atoms with Gasteiger partial charge in [0.2, 0.25) is 0 Å². The molecule has 0 spiro atoms. The molecule has 0 N–H and O–H groups in total. The first-order chi connectivity index (χ1) is 73.4. The van der Waals surface area contributed by atoms with Gasteiger partial charge < -0.3 is 29.4 Å². The van der Waals surface area contributed by atoms with Gasteiger partial charge in [-0.2, -0.15) is 0 Å². The molecule has 0 bridgehead atoms. The van der Waals surface area contributed by atoms with E-state index in [0.717, 1.165) is 89.0 Å². The minimum atomic E-state index is -0.450. The summed E-state index contributed by atoms with van der Waals surface area (Å²) in [5.74, 6) is 0. The second kappa shape index (κ2) is 40.5. The Morgan fingerprint density at radius 2 is 0.459 bits per heavy atom. The lowest BCUT2D eigenvalue weighted by molar-refractivity contribution is 0.549. The molecule has 6 heteroatoms. The number of hydrogen-bond donors (Lipinski definition) is 0. The Morgan fingerprint density at radius 1 is 0.176 bits per heavy atom. The first kappa shape index (κ1) is 90.4. The molecule has 0 aromatic heterocycles. The molecule has 148 heavy (non-hydrogen) atoms. The fourth-order valence-electron chi connectivity index (χ4n) is 22.7. The Bertz CT molecular complexity index is 8600. The molecule has 1 atom stereocenters. The van der Waals surface area contributed by atoms with Crippen LogP contribution in [0.15, 0.2) is 582 Å². The molecule has 0 aliphatic heterocycles. The van der Waals surface area contributed by atoms with Crippen molar-refractivity contribution in [1.29, 1.82) is 0 Å². The van der Waals surface area contributed by atoms with E-state index in [4.69, 9.17) is 0 Å². The molecule has 6 nitrogen and oxygen atoms in total. The van der Waals surface area contributed by atoms with Crippen LogP contribution in [0.4, 0.5) is 96.7 Å². The molecule has 3 aliphatic rings. The van der Waals surface area contributed by atoms with Crippen LogP contribution in [0.3, 0.4) is 0 Å². The summed E-state index contributed by atoms with van der Waals surface area (Å²) in [6.45, 7) is 0. The standard InChI is InChI=1S/C50H38N2.C48H36N2.C44H32N2/c1-4-20-42(21-5-1)50(52(45-24-8-3-9-25-45)49-29-15-19-41-17-11-13-27-47(41)49)36-34-39(35-37-50)38-30-32-44(33-31-38)51(43-22-6-2-7-23-43)48-28-14-18-40-16-10-12-26-46(40)48;1-3-13-39(14-4-1)49(45-31-23-37-11-7-9-35-21-29-43(45)47(35)37)41-25-17-33(18-26-41)34-19-27-42(28-20-34)50(40-15-5-2-6-16-40)46-32-24-38-12-8-10-36-22-30-44(46)48(36)38;1-3-15-39(16-4-1)45(43-29-23-33-11-7-9-13-37(33)31-43)41-25-19-35(20-26-41)36-21-27-42(28-22-36)46(40-17-5-2-6-18-40)44-30-24-34-12-8-10-14-38(34)32-44/h1-36H,37H2;1-20,23-28,31-32H,21-22,29-30H2;1-32H. The number of fused-ring (bicyclic) bond motifs is 4. The molecule has 0 heterocycles. The normalized spacial score (nSPS) is 13.2. The Labute approximate surface area is 865 Å². The maximum Gasteiger partial charge on any atom is 0.0924 e. The van der Waals surface area contributed by atoms with Gasteiger partial charge in [0, 0.05) is 96.1 Å². The van der Waals surface area contributed by atoms with E-state index in [0.29, 0.717) is 0 Å². The van der Waals surface area contributed by atoms with Crippen LogP contribution < -0.4 is 29.4 Å². The van der Waals surface area contributed by atoms with E-state index in [1.54, 1.807) is 0 Å². The Morgan fingerprint density at radius 3 is 0.851 bits per heavy atom. The second-order valence-electron chi connectivity index (χ2n) is 38.5. The minimum Gasteiger partial charge on any atom is -0.327 e. The van der Waals surface area contributed by atoms with Crippen LogP contribution in [0.1, 0.15) is 39.8 Å². The minimum absolute atomic E-state index is 0.450. The summed E-state index contributed by atoms with van der Waals surface area (Å²) in [5.41, 5.74) is 33.6. The molecule has 0 saturated heterocycles. The SMILES string of the molecule is C1=CC(c2ccccc2)(N(c2ccccc2)c2cccc3ccccc23)CC=C1c1ccc(N(c2ccccc2)c2cccc3ccccc23)cc1.c1ccc(N(c2ccc(-c3ccc(N(c4ccccc4)c4ccc5cccc6c5c4CC6)cc3)cc2)c2ccc3cccc4c3c2CC4)cc1.c1ccc(N(c2ccc(-c3ccc(N(c4ccccc4)c4ccc5ccccc5c4)cc3)cc2)c2ccc3ccccc3c2)cc1. The summed E-state index contributed by atoms with van der Waals surface area (Å²) in [4.78, 5) is 14.4. The van der Waals surface area contributed by atoms with Crippen LogP contribution in [0.25, 0.3) is 92.5 Å². The van der Waals surface area contributed by atoms with E-state index in [1.807, 2.05) is 0 Å². The number of rotatable bonds is 22. The smallest absolute Gasteiger partial charge is 0.0924 e. The maximum absolute atomic E-state index is 2.54. The zero-order valence-electron chi connectivity index (χ0n) is 82.1. The fourth-order valence-corrected chi connectivity index (χ4v) is 22.7. The number of anilines is 17. The molecule has 27 rings (SSSR count). The number of allylic oxidation sites excluding steroid dienone is 2. The average Bonchev–Trinajstić information content (AvgIpc) is 1.40. The number of aryl methyl sites for hydroxylation is 4. The number of para-hydroxylation sites is 6. The fraction of sp³-hybridized carbons (Fsp3) is 0.0423. The van der Waals surface area contributed by atoms with Crippen molar-refractivity contribution in [2.24, 2.45) is 0 Å². The van der Waals surface area contributed by atoms with E-state index in [2.05, 4.69) is 612 Å². The Kier molecular flexibility index (Phi) is 24.7. The quantitative estimate of drug-likeness (QED) is 0.0669. The third-order valence-corrected chi connectivity index (χ3v) is 29.8. The van der Waals surface area contributed by atoms with Gasteiger partial charge in [0.1, 0.15) is 0 Å². The van der Waals surface area contributed by atoms with E-state index < -0.39 is 5.54 Å². The van der Waals surface area contributed by atoms with Crippen LogP contribution in [0, 0.1) is 0 Å². The zero-order chi connectivity index (χ0) is 98.5. The van der Waals surface area contributed by atoms with Gasteiger partial charge in [0.15, 0.2) is 0 Å². The van der Waals surface area contributed by atoms with Crippen molar-refractivity contribution in [3.63, 3.8) is 0 Å². The van der Waals surface area contributed by atoms with Gasteiger partial charge in [0.25, 0.3) is 0 Å². The summed E-state index contributed by atoms with van der Waals surface area (Å²) in [5, 5.41) is 15.4. The van der Waals surface area contributed by atoms with Crippen molar-refractivity contribution in [2.45, 2.75) is 37.6 Å². The van der Waals surface area contributed by atoms with Crippen molar-refractivity contribution in [2.75, 3.05) is 29.4 Å². The van der Waals surface area contributed by atoms with Crippen LogP contribution in [-0.2, 0) is 31.2 Å². The van der Waals surface area contributed by atoms with Gasteiger partial charge in [-0.1, -0.05) is 400 Å². The van der Waals surface area contributed by atoms with E-state index in [9.17, 15) is 0 Å². The summed E-state index contributed by atoms with van der Waals surface area (Å²) in [7, 11) is 0. The average molecular weight is 1900 g/mol. The van der Waals surface area contributed by atoms with E-state index >= 15 is 0 Å². The van der Waals surface area contributed by atoms with Gasteiger partial charge in [-0.25, -0.2) is 0 Å². The maximum atomic E-state index is 2.54. The van der Waals surface area contributed by atoms with Crippen LogP contribution in [0.2, 0.25) is 0 Å². The van der Waals surface area contributed by atoms with Crippen LogP contribution >= 0.6 is 0 Å². The topological polar surface area (TPSA) is 19.4 Å². The predicted molar refractivity (Wildman–Crippen MR) is 628 cm³/mol. The van der Waals surface area contributed by atoms with Crippen LogP contribution in [0.5, 0.6) is 0 Å². The highest BCUT2D eigenvalue weighted by molar-refractivity contribution is 6.04. The van der Waals surface area contributed by atoms with Crippen molar-refractivity contribution in [3.8, 4) is 22.3 Å². The zero-order valence-corrected chi connectivity index (χ0v) is 82.1. The van der Waals surface area contributed by atoms with E-state index in [-0.39, 0.29) is 0 Å². The van der Waals surface area contributed by atoms with Gasteiger partial charge in [0.05, 0.1) is 16.9 Å². The first-order valence-corrected chi connectivity index (χ1v) is 51.5. The highest BCUT2D eigenvalue weighted by Crippen LogP contribution is 2.52. The third-order valence-electron chi connectivity index (χ3n) is 29.8. The number of benzene rings is 24. The third kappa shape index (κ3) is 17.8. The molecule has 704 valence electrons. The molecule has 0 saturated carbocycles. The molecule has 0 amide bonds. The molecule has 1 unspecified atom stereocenters. The molecular weight excluding hydrogens is 1790 g/mol. The molecule has 24 aromatic carbocycles. The summed E-state index contributed by atoms with van der Waals surface area (Å²) in [6.07, 6.45) is 12.3.